The molecule has 1 aromatic heterocycles. The third kappa shape index (κ3) is 5.45. The third-order valence-electron chi connectivity index (χ3n) is 5.00. The van der Waals surface area contributed by atoms with Crippen LogP contribution in [-0.4, -0.2) is 21.8 Å². The number of rotatable bonds is 8. The first kappa shape index (κ1) is 19.6. The molecule has 1 saturated carbocycles. The molecule has 29 heavy (non-hydrogen) atoms. The van der Waals surface area contributed by atoms with Gasteiger partial charge < -0.3 is 9.64 Å². The number of thiazole rings is 1. The summed E-state index contributed by atoms with van der Waals surface area (Å²) in [6.45, 7) is 5.17. The molecule has 0 bridgehead atoms. The lowest BCUT2D eigenvalue weighted by Gasteiger charge is -2.21. The molecule has 0 N–H and O–H groups in total. The summed E-state index contributed by atoms with van der Waals surface area (Å²) >= 11 is 1.59. The van der Waals surface area contributed by atoms with Crippen molar-refractivity contribution in [3.05, 3.63) is 81.3 Å². The van der Waals surface area contributed by atoms with E-state index in [-0.39, 0.29) is 5.91 Å². The second-order valence-electron chi connectivity index (χ2n) is 7.76. The van der Waals surface area contributed by atoms with Gasteiger partial charge >= 0.3 is 0 Å². The van der Waals surface area contributed by atoms with Crippen LogP contribution in [0.1, 0.15) is 40.2 Å². The quantitative estimate of drug-likeness (QED) is 0.524. The molecule has 0 spiro atoms. The highest BCUT2D eigenvalue weighted by molar-refractivity contribution is 7.09. The van der Waals surface area contributed by atoms with Crippen LogP contribution in [0.15, 0.2) is 53.9 Å². The topological polar surface area (TPSA) is 42.4 Å². The number of nitrogens with zero attached hydrogens (tertiary/aromatic N) is 2. The van der Waals surface area contributed by atoms with E-state index in [2.05, 4.69) is 19.9 Å². The molecule has 0 radical (unpaired) electrons. The number of hydrogen-bond acceptors (Lipinski definition) is 4. The van der Waals surface area contributed by atoms with Crippen LogP contribution in [0.25, 0.3) is 0 Å². The maximum atomic E-state index is 12.9. The molecule has 5 heteroatoms. The molecule has 0 saturated heterocycles. The maximum Gasteiger partial charge on any atom is 0.227 e. The van der Waals surface area contributed by atoms with Crippen LogP contribution in [0.5, 0.6) is 5.75 Å². The molecule has 0 aliphatic heterocycles. The Morgan fingerprint density at radius 1 is 1.14 bits per heavy atom. The van der Waals surface area contributed by atoms with Crippen molar-refractivity contribution in [2.45, 2.75) is 52.3 Å². The van der Waals surface area contributed by atoms with Crippen LogP contribution >= 0.6 is 11.3 Å². The Kier molecular flexibility index (Phi) is 5.95. The fourth-order valence-electron chi connectivity index (χ4n) is 3.50. The molecule has 2 aromatic carbocycles. The molecular weight excluding hydrogens is 380 g/mol. The Labute approximate surface area is 176 Å². The first-order valence-electron chi connectivity index (χ1n) is 10.0. The number of carbonyl (C=O) groups excluding carboxylic acids is 1. The lowest BCUT2D eigenvalue weighted by molar-refractivity contribution is -0.131. The number of ether oxygens (including phenoxy) is 1. The Morgan fingerprint density at radius 3 is 2.55 bits per heavy atom. The van der Waals surface area contributed by atoms with Gasteiger partial charge in [-0.25, -0.2) is 4.98 Å². The number of aromatic nitrogens is 1. The number of aryl methyl sites for hydroxylation is 2. The summed E-state index contributed by atoms with van der Waals surface area (Å²) in [5.41, 5.74) is 4.39. The van der Waals surface area contributed by atoms with Crippen molar-refractivity contribution < 1.29 is 9.53 Å². The van der Waals surface area contributed by atoms with Crippen molar-refractivity contribution in [3.8, 4) is 5.75 Å². The van der Waals surface area contributed by atoms with Crippen molar-refractivity contribution in [1.82, 2.24) is 9.88 Å². The Bertz CT molecular complexity index is 959. The predicted molar refractivity (Wildman–Crippen MR) is 116 cm³/mol. The van der Waals surface area contributed by atoms with Gasteiger partial charge in [0.25, 0.3) is 0 Å². The summed E-state index contributed by atoms with van der Waals surface area (Å²) < 4.78 is 5.93. The van der Waals surface area contributed by atoms with Crippen molar-refractivity contribution >= 4 is 17.2 Å². The number of benzene rings is 2. The monoisotopic (exact) mass is 406 g/mol. The average molecular weight is 407 g/mol. The molecule has 1 heterocycles. The van der Waals surface area contributed by atoms with Gasteiger partial charge in [0.15, 0.2) is 0 Å². The van der Waals surface area contributed by atoms with Gasteiger partial charge in [-0.05, 0) is 55.5 Å². The molecule has 3 aromatic rings. The smallest absolute Gasteiger partial charge is 0.227 e. The van der Waals surface area contributed by atoms with E-state index in [1.54, 1.807) is 11.3 Å². The fourth-order valence-corrected chi connectivity index (χ4v) is 4.20. The van der Waals surface area contributed by atoms with Gasteiger partial charge in [0, 0.05) is 11.4 Å². The molecule has 0 atom stereocenters. The Balaban J connectivity index is 1.37. The zero-order chi connectivity index (χ0) is 20.2. The molecule has 1 aliphatic carbocycles. The highest BCUT2D eigenvalue weighted by Gasteiger charge is 2.32. The van der Waals surface area contributed by atoms with E-state index in [0.717, 1.165) is 34.9 Å². The number of carbonyl (C=O) groups is 1. The summed E-state index contributed by atoms with van der Waals surface area (Å²) in [7, 11) is 0. The molecule has 0 unspecified atom stereocenters. The Morgan fingerprint density at radius 2 is 1.86 bits per heavy atom. The normalized spacial score (nSPS) is 13.3. The van der Waals surface area contributed by atoms with E-state index in [1.165, 1.54) is 11.1 Å². The second kappa shape index (κ2) is 8.78. The highest BCUT2D eigenvalue weighted by Crippen LogP contribution is 2.29. The summed E-state index contributed by atoms with van der Waals surface area (Å²) in [4.78, 5) is 19.6. The number of amides is 1. The molecular formula is C24H26N2O2S. The average Bonchev–Trinajstić information content (AvgIpc) is 3.43. The van der Waals surface area contributed by atoms with E-state index >= 15 is 0 Å². The maximum absolute atomic E-state index is 12.9. The van der Waals surface area contributed by atoms with Gasteiger partial charge in [-0.2, -0.15) is 0 Å². The van der Waals surface area contributed by atoms with Gasteiger partial charge in [0.05, 0.1) is 18.7 Å². The Hall–Kier alpha value is -2.66. The van der Waals surface area contributed by atoms with E-state index in [1.807, 2.05) is 52.7 Å². The molecule has 1 aliphatic rings. The van der Waals surface area contributed by atoms with E-state index in [0.29, 0.717) is 25.6 Å². The molecule has 1 amide bonds. The van der Waals surface area contributed by atoms with Crippen LogP contribution < -0.4 is 4.74 Å². The minimum Gasteiger partial charge on any atom is -0.486 e. The molecule has 150 valence electrons. The van der Waals surface area contributed by atoms with Crippen LogP contribution in [0.2, 0.25) is 0 Å². The molecule has 4 rings (SSSR count). The largest absolute Gasteiger partial charge is 0.486 e. The van der Waals surface area contributed by atoms with Gasteiger partial charge in [0.1, 0.15) is 17.4 Å². The zero-order valence-corrected chi connectivity index (χ0v) is 17.7. The minimum absolute atomic E-state index is 0.180. The lowest BCUT2D eigenvalue weighted by atomic mass is 10.1. The van der Waals surface area contributed by atoms with Gasteiger partial charge in [-0.1, -0.05) is 36.4 Å². The number of hydrogen-bond donors (Lipinski definition) is 0. The molecule has 1 fully saturated rings. The van der Waals surface area contributed by atoms with E-state index in [9.17, 15) is 4.79 Å². The van der Waals surface area contributed by atoms with Crippen molar-refractivity contribution in [1.29, 1.82) is 0 Å². The standard InChI is InChI=1S/C24H26N2O2S/c1-17-10-18(2)12-22(11-17)28-15-23-25-20(16-29-23)14-26(21-8-9-21)24(27)13-19-6-4-3-5-7-19/h3-7,10-12,16,21H,8-9,13-15H2,1-2H3. The summed E-state index contributed by atoms with van der Waals surface area (Å²) in [5.74, 6) is 1.05. The highest BCUT2D eigenvalue weighted by atomic mass is 32.1. The van der Waals surface area contributed by atoms with E-state index in [4.69, 9.17) is 9.72 Å². The second-order valence-corrected chi connectivity index (χ2v) is 8.70. The van der Waals surface area contributed by atoms with Crippen molar-refractivity contribution in [2.24, 2.45) is 0 Å². The van der Waals surface area contributed by atoms with Crippen LogP contribution in [-0.2, 0) is 24.4 Å². The van der Waals surface area contributed by atoms with E-state index < -0.39 is 0 Å². The van der Waals surface area contributed by atoms with Gasteiger partial charge in [-0.3, -0.25) is 4.79 Å². The van der Waals surface area contributed by atoms with Crippen LogP contribution in [0.4, 0.5) is 0 Å². The van der Waals surface area contributed by atoms with Crippen LogP contribution in [0, 0.1) is 13.8 Å². The minimum atomic E-state index is 0.180. The molecule has 4 nitrogen and oxygen atoms in total. The predicted octanol–water partition coefficient (Wildman–Crippen LogP) is 5.07. The SMILES string of the molecule is Cc1cc(C)cc(OCc2nc(CN(C(=O)Cc3ccccc3)C3CC3)cs2)c1. The van der Waals surface area contributed by atoms with Gasteiger partial charge in [0.2, 0.25) is 5.91 Å². The zero-order valence-electron chi connectivity index (χ0n) is 16.9. The van der Waals surface area contributed by atoms with Gasteiger partial charge in [-0.15, -0.1) is 11.3 Å². The summed E-state index contributed by atoms with van der Waals surface area (Å²) in [6, 6.07) is 16.5. The van der Waals surface area contributed by atoms with Crippen molar-refractivity contribution in [2.75, 3.05) is 0 Å². The summed E-state index contributed by atoms with van der Waals surface area (Å²) in [5, 5.41) is 2.98. The first-order valence-corrected chi connectivity index (χ1v) is 10.9. The first-order chi connectivity index (χ1) is 14.1. The fraction of sp³-hybridized carbons (Fsp3) is 0.333. The summed E-state index contributed by atoms with van der Waals surface area (Å²) in [6.07, 6.45) is 2.63. The third-order valence-corrected chi connectivity index (χ3v) is 5.87. The van der Waals surface area contributed by atoms with Crippen molar-refractivity contribution in [3.63, 3.8) is 0 Å². The lowest BCUT2D eigenvalue weighted by Crippen LogP contribution is -2.33. The van der Waals surface area contributed by atoms with Crippen LogP contribution in [0.3, 0.4) is 0 Å².